The van der Waals surface area contributed by atoms with Gasteiger partial charge in [-0.2, -0.15) is 0 Å². The molecule has 0 saturated heterocycles. The monoisotopic (exact) mass is 435 g/mol. The number of rotatable bonds is 8. The van der Waals surface area contributed by atoms with Crippen LogP contribution in [0.15, 0.2) is 41.2 Å². The van der Waals surface area contributed by atoms with Gasteiger partial charge >= 0.3 is 0 Å². The second-order valence-corrected chi connectivity index (χ2v) is 8.15. The third kappa shape index (κ3) is 3.56. The van der Waals surface area contributed by atoms with Crippen LogP contribution in [-0.4, -0.2) is 27.5 Å². The van der Waals surface area contributed by atoms with E-state index in [2.05, 4.69) is 9.55 Å². The van der Waals surface area contributed by atoms with Crippen molar-refractivity contribution in [1.82, 2.24) is 15.0 Å². The predicted octanol–water partition coefficient (Wildman–Crippen LogP) is 4.21. The fraction of sp³-hybridized carbons (Fsp3) is 0.333. The maximum absolute atomic E-state index is 12.7. The van der Waals surface area contributed by atoms with Crippen LogP contribution in [0.2, 0.25) is 0 Å². The van der Waals surface area contributed by atoms with Crippen molar-refractivity contribution in [3.63, 3.8) is 0 Å². The van der Waals surface area contributed by atoms with Crippen molar-refractivity contribution in [2.24, 2.45) is 0 Å². The van der Waals surface area contributed by atoms with Crippen molar-refractivity contribution < 1.29 is 19.5 Å². The Kier molecular flexibility index (Phi) is 5.45. The summed E-state index contributed by atoms with van der Waals surface area (Å²) in [6.07, 6.45) is 5.04. The topological polar surface area (TPSA) is 106 Å². The molecule has 0 atom stereocenters. The normalized spacial score (nSPS) is 12.8. The van der Waals surface area contributed by atoms with E-state index in [1.54, 1.807) is 5.48 Å². The number of ether oxygens (including phenoxy) is 2. The minimum absolute atomic E-state index is 0.100. The summed E-state index contributed by atoms with van der Waals surface area (Å²) >= 11 is 0. The van der Waals surface area contributed by atoms with Gasteiger partial charge in [-0.05, 0) is 25.0 Å². The SMILES string of the molecule is O=C(CCCCCCCn1c2cc3c(cc2c2[nH]c(=O)c4ccccc4c21)OCO3)NO. The molecule has 0 fully saturated rings. The third-order valence-corrected chi connectivity index (χ3v) is 6.13. The van der Waals surface area contributed by atoms with Gasteiger partial charge in [0.25, 0.3) is 5.56 Å². The molecule has 8 nitrogen and oxygen atoms in total. The van der Waals surface area contributed by atoms with Crippen LogP contribution in [0, 0.1) is 0 Å². The van der Waals surface area contributed by atoms with E-state index in [-0.39, 0.29) is 18.3 Å². The number of aryl methyl sites for hydroxylation is 1. The van der Waals surface area contributed by atoms with E-state index in [0.717, 1.165) is 71.7 Å². The van der Waals surface area contributed by atoms with Crippen LogP contribution in [-0.2, 0) is 11.3 Å². The lowest BCUT2D eigenvalue weighted by atomic mass is 10.1. The Morgan fingerprint density at radius 1 is 1.00 bits per heavy atom. The molecule has 0 unspecified atom stereocenters. The fourth-order valence-electron chi connectivity index (χ4n) is 4.59. The first-order valence-electron chi connectivity index (χ1n) is 11.0. The number of hydroxylamine groups is 1. The highest BCUT2D eigenvalue weighted by Crippen LogP contribution is 2.40. The van der Waals surface area contributed by atoms with Gasteiger partial charge in [0.1, 0.15) is 0 Å². The number of amides is 1. The standard InChI is InChI=1S/C24H25N3O5/c28-21(26-30)10-4-2-1-3-7-11-27-18-13-20-19(31-14-32-20)12-17(18)22-23(27)15-8-5-6-9-16(15)24(29)25-22/h5-6,8-9,12-13,30H,1-4,7,10-11,14H2,(H,25,29)(H,26,28). The van der Waals surface area contributed by atoms with Gasteiger partial charge in [-0.3, -0.25) is 14.8 Å². The summed E-state index contributed by atoms with van der Waals surface area (Å²) in [7, 11) is 0. The predicted molar refractivity (Wildman–Crippen MR) is 121 cm³/mol. The maximum Gasteiger partial charge on any atom is 0.256 e. The number of benzene rings is 2. The largest absolute Gasteiger partial charge is 0.454 e. The molecule has 0 saturated carbocycles. The number of fused-ring (bicyclic) bond motifs is 6. The number of hydrogen-bond acceptors (Lipinski definition) is 5. The van der Waals surface area contributed by atoms with Crippen LogP contribution in [0.4, 0.5) is 0 Å². The number of pyridine rings is 1. The van der Waals surface area contributed by atoms with Crippen molar-refractivity contribution in [3.05, 3.63) is 46.8 Å². The molecule has 0 bridgehead atoms. The lowest BCUT2D eigenvalue weighted by molar-refractivity contribution is -0.129. The molecule has 5 rings (SSSR count). The first-order chi connectivity index (χ1) is 15.7. The molecule has 32 heavy (non-hydrogen) atoms. The van der Waals surface area contributed by atoms with E-state index in [4.69, 9.17) is 14.7 Å². The third-order valence-electron chi connectivity index (χ3n) is 6.13. The van der Waals surface area contributed by atoms with Crippen molar-refractivity contribution in [2.75, 3.05) is 6.79 Å². The molecular weight excluding hydrogens is 410 g/mol. The number of aromatic nitrogens is 2. The van der Waals surface area contributed by atoms with Crippen molar-refractivity contribution in [1.29, 1.82) is 0 Å². The van der Waals surface area contributed by atoms with Crippen molar-refractivity contribution in [2.45, 2.75) is 45.1 Å². The highest BCUT2D eigenvalue weighted by molar-refractivity contribution is 6.16. The molecule has 0 aliphatic carbocycles. The summed E-state index contributed by atoms with van der Waals surface area (Å²) in [4.78, 5) is 26.9. The Morgan fingerprint density at radius 2 is 1.72 bits per heavy atom. The van der Waals surface area contributed by atoms with Gasteiger partial charge in [0.15, 0.2) is 11.5 Å². The summed E-state index contributed by atoms with van der Waals surface area (Å²) in [5.41, 5.74) is 4.41. The molecule has 2 aromatic heterocycles. The van der Waals surface area contributed by atoms with Gasteiger partial charge in [0, 0.05) is 35.2 Å². The Labute approximate surface area is 183 Å². The molecule has 8 heteroatoms. The molecule has 2 aromatic carbocycles. The average molecular weight is 435 g/mol. The number of nitrogens with zero attached hydrogens (tertiary/aromatic N) is 1. The van der Waals surface area contributed by atoms with Gasteiger partial charge < -0.3 is 19.0 Å². The zero-order valence-corrected chi connectivity index (χ0v) is 17.6. The molecule has 1 aliphatic rings. The van der Waals surface area contributed by atoms with E-state index in [1.807, 2.05) is 36.4 Å². The molecule has 4 aromatic rings. The second-order valence-electron chi connectivity index (χ2n) is 8.15. The van der Waals surface area contributed by atoms with Gasteiger partial charge in [0.2, 0.25) is 12.7 Å². The Hall–Kier alpha value is -3.52. The lowest BCUT2D eigenvalue weighted by Crippen LogP contribution is -2.17. The molecule has 3 N–H and O–H groups in total. The maximum atomic E-state index is 12.7. The van der Waals surface area contributed by atoms with Gasteiger partial charge in [0.05, 0.1) is 16.6 Å². The van der Waals surface area contributed by atoms with Crippen molar-refractivity contribution in [3.8, 4) is 11.5 Å². The molecule has 1 aliphatic heterocycles. The number of unbranched alkanes of at least 4 members (excludes halogenated alkanes) is 4. The lowest BCUT2D eigenvalue weighted by Gasteiger charge is -2.09. The number of carbonyl (C=O) groups is 1. The first kappa shape index (κ1) is 20.4. The second kappa shape index (κ2) is 8.55. The summed E-state index contributed by atoms with van der Waals surface area (Å²) in [6.45, 7) is 1.00. The van der Waals surface area contributed by atoms with Crippen LogP contribution in [0.25, 0.3) is 32.7 Å². The number of nitrogens with one attached hydrogen (secondary N) is 2. The van der Waals surface area contributed by atoms with E-state index in [1.165, 1.54) is 0 Å². The smallest absolute Gasteiger partial charge is 0.256 e. The van der Waals surface area contributed by atoms with E-state index in [0.29, 0.717) is 17.6 Å². The van der Waals surface area contributed by atoms with Crippen LogP contribution in [0.1, 0.15) is 38.5 Å². The number of H-pyrrole nitrogens is 1. The molecule has 0 radical (unpaired) electrons. The molecule has 166 valence electrons. The summed E-state index contributed by atoms with van der Waals surface area (Å²) < 4.78 is 13.5. The van der Waals surface area contributed by atoms with Gasteiger partial charge in [-0.25, -0.2) is 5.48 Å². The summed E-state index contributed by atoms with van der Waals surface area (Å²) in [5, 5.41) is 11.1. The number of carbonyl (C=O) groups excluding carboxylic acids is 1. The van der Waals surface area contributed by atoms with Crippen LogP contribution in [0.3, 0.4) is 0 Å². The molecular formula is C24H25N3O5. The first-order valence-corrected chi connectivity index (χ1v) is 11.0. The number of hydrogen-bond donors (Lipinski definition) is 3. The quantitative estimate of drug-likeness (QED) is 0.218. The Bertz CT molecular complexity index is 1370. The van der Waals surface area contributed by atoms with Gasteiger partial charge in [-0.15, -0.1) is 0 Å². The zero-order valence-electron chi connectivity index (χ0n) is 17.6. The molecule has 3 heterocycles. The molecule has 0 spiro atoms. The minimum Gasteiger partial charge on any atom is -0.454 e. The van der Waals surface area contributed by atoms with Crippen molar-refractivity contribution >= 4 is 38.6 Å². The van der Waals surface area contributed by atoms with Crippen LogP contribution >= 0.6 is 0 Å². The van der Waals surface area contributed by atoms with Gasteiger partial charge in [-0.1, -0.05) is 37.5 Å². The summed E-state index contributed by atoms with van der Waals surface area (Å²) in [6, 6.07) is 11.6. The highest BCUT2D eigenvalue weighted by atomic mass is 16.7. The van der Waals surface area contributed by atoms with E-state index < -0.39 is 0 Å². The van der Waals surface area contributed by atoms with Crippen LogP contribution in [0.5, 0.6) is 11.5 Å². The van der Waals surface area contributed by atoms with E-state index in [9.17, 15) is 9.59 Å². The fourth-order valence-corrected chi connectivity index (χ4v) is 4.59. The van der Waals surface area contributed by atoms with E-state index >= 15 is 0 Å². The molecule has 1 amide bonds. The highest BCUT2D eigenvalue weighted by Gasteiger charge is 2.21. The zero-order chi connectivity index (χ0) is 22.1. The Morgan fingerprint density at radius 3 is 2.53 bits per heavy atom. The Balaban J connectivity index is 1.48. The number of aromatic amines is 1. The minimum atomic E-state index is -0.338. The summed E-state index contributed by atoms with van der Waals surface area (Å²) in [5.74, 6) is 1.07. The van der Waals surface area contributed by atoms with Crippen LogP contribution < -0.4 is 20.5 Å². The average Bonchev–Trinajstić information content (AvgIpc) is 3.39.